The molecule has 1 aromatic heterocycles. The first-order valence-electron chi connectivity index (χ1n) is 7.83. The van der Waals surface area contributed by atoms with Gasteiger partial charge in [0, 0.05) is 12.0 Å². The van der Waals surface area contributed by atoms with E-state index in [-0.39, 0.29) is 5.41 Å². The second-order valence-corrected chi connectivity index (χ2v) is 6.48. The van der Waals surface area contributed by atoms with Crippen molar-refractivity contribution in [1.29, 1.82) is 0 Å². The van der Waals surface area contributed by atoms with Crippen LogP contribution in [0.5, 0.6) is 0 Å². The fraction of sp³-hybridized carbons (Fsp3) is 0.529. The highest BCUT2D eigenvalue weighted by Crippen LogP contribution is 2.34. The molecule has 0 amide bonds. The summed E-state index contributed by atoms with van der Waals surface area (Å²) in [5.41, 5.74) is 2.87. The molecule has 3 rings (SSSR count). The van der Waals surface area contributed by atoms with Crippen LogP contribution in [-0.2, 0) is 18.5 Å². The number of aromatic nitrogens is 3. The third kappa shape index (κ3) is 3.04. The first-order chi connectivity index (χ1) is 10.6. The predicted octanol–water partition coefficient (Wildman–Crippen LogP) is 2.72. The standard InChI is InChI=1S/C17H23FN4/c1-14-3-5-15(6-4-14)17(2)7-9-21(12-17)11-16-19-13-20-22(16)10-8-18/h3-6,13H,7-12H2,1-2H3/t17-/m1/s1. The molecule has 1 atom stereocenters. The van der Waals surface area contributed by atoms with E-state index in [1.54, 1.807) is 4.68 Å². The SMILES string of the molecule is Cc1ccc([C@]2(C)CCN(Cc3ncnn3CCF)C2)cc1. The zero-order valence-electron chi connectivity index (χ0n) is 13.3. The van der Waals surface area contributed by atoms with Crippen molar-refractivity contribution < 1.29 is 4.39 Å². The highest BCUT2D eigenvalue weighted by atomic mass is 19.1. The highest BCUT2D eigenvalue weighted by Gasteiger charge is 2.35. The Labute approximate surface area is 131 Å². The lowest BCUT2D eigenvalue weighted by atomic mass is 9.81. The molecule has 2 heterocycles. The van der Waals surface area contributed by atoms with Crippen molar-refractivity contribution >= 4 is 0 Å². The van der Waals surface area contributed by atoms with Crippen LogP contribution in [0.15, 0.2) is 30.6 Å². The van der Waals surface area contributed by atoms with Crippen LogP contribution in [-0.4, -0.2) is 39.4 Å². The maximum atomic E-state index is 12.5. The Bertz CT molecular complexity index is 622. The van der Waals surface area contributed by atoms with E-state index in [1.165, 1.54) is 17.5 Å². The molecule has 1 saturated heterocycles. The van der Waals surface area contributed by atoms with Gasteiger partial charge < -0.3 is 0 Å². The lowest BCUT2D eigenvalue weighted by molar-refractivity contribution is 0.291. The maximum Gasteiger partial charge on any atom is 0.141 e. The number of benzene rings is 1. The van der Waals surface area contributed by atoms with Crippen LogP contribution in [0.1, 0.15) is 30.3 Å². The zero-order chi connectivity index (χ0) is 15.6. The molecule has 1 aliphatic rings. The topological polar surface area (TPSA) is 34.0 Å². The largest absolute Gasteiger partial charge is 0.295 e. The van der Waals surface area contributed by atoms with Crippen LogP contribution in [0.4, 0.5) is 4.39 Å². The minimum absolute atomic E-state index is 0.179. The molecular formula is C17H23FN4. The number of likely N-dealkylation sites (tertiary alicyclic amines) is 1. The average Bonchev–Trinajstić information content (AvgIpc) is 3.09. The summed E-state index contributed by atoms with van der Waals surface area (Å²) in [5.74, 6) is 0.853. The van der Waals surface area contributed by atoms with Crippen molar-refractivity contribution in [2.24, 2.45) is 0 Å². The van der Waals surface area contributed by atoms with E-state index in [9.17, 15) is 4.39 Å². The van der Waals surface area contributed by atoms with Crippen molar-refractivity contribution in [3.05, 3.63) is 47.5 Å². The molecule has 0 saturated carbocycles. The number of aryl methyl sites for hydroxylation is 2. The molecule has 0 unspecified atom stereocenters. The van der Waals surface area contributed by atoms with Gasteiger partial charge in [0.05, 0.1) is 13.1 Å². The van der Waals surface area contributed by atoms with E-state index in [0.29, 0.717) is 6.54 Å². The molecular weight excluding hydrogens is 279 g/mol. The molecule has 1 fully saturated rings. The Morgan fingerprint density at radius 1 is 1.27 bits per heavy atom. The van der Waals surface area contributed by atoms with Gasteiger partial charge in [0.1, 0.15) is 18.8 Å². The first-order valence-corrected chi connectivity index (χ1v) is 7.83. The van der Waals surface area contributed by atoms with E-state index in [1.807, 2.05) is 0 Å². The summed E-state index contributed by atoms with van der Waals surface area (Å²) in [4.78, 5) is 6.66. The molecule has 1 aromatic carbocycles. The average molecular weight is 302 g/mol. The number of nitrogens with zero attached hydrogens (tertiary/aromatic N) is 4. The molecule has 0 N–H and O–H groups in total. The Kier molecular flexibility index (Phi) is 4.25. The van der Waals surface area contributed by atoms with Crippen LogP contribution < -0.4 is 0 Å². The smallest absolute Gasteiger partial charge is 0.141 e. The summed E-state index contributed by atoms with van der Waals surface area (Å²) in [6.45, 7) is 7.09. The zero-order valence-corrected chi connectivity index (χ0v) is 13.3. The summed E-state index contributed by atoms with van der Waals surface area (Å²) < 4.78 is 14.2. The van der Waals surface area contributed by atoms with Crippen LogP contribution in [0.3, 0.4) is 0 Å². The summed E-state index contributed by atoms with van der Waals surface area (Å²) in [5, 5.41) is 4.09. The van der Waals surface area contributed by atoms with Gasteiger partial charge in [-0.3, -0.25) is 4.90 Å². The Hall–Kier alpha value is -1.75. The molecule has 1 aliphatic heterocycles. The number of halogens is 1. The van der Waals surface area contributed by atoms with Crippen LogP contribution >= 0.6 is 0 Å². The van der Waals surface area contributed by atoms with E-state index in [4.69, 9.17) is 0 Å². The molecule has 0 radical (unpaired) electrons. The summed E-state index contributed by atoms with van der Waals surface area (Å²) >= 11 is 0. The minimum atomic E-state index is -0.405. The number of alkyl halides is 1. The van der Waals surface area contributed by atoms with E-state index in [0.717, 1.165) is 31.9 Å². The predicted molar refractivity (Wildman–Crippen MR) is 84.4 cm³/mol. The summed E-state index contributed by atoms with van der Waals surface area (Å²) in [7, 11) is 0. The molecule has 5 heteroatoms. The van der Waals surface area contributed by atoms with Gasteiger partial charge >= 0.3 is 0 Å². The minimum Gasteiger partial charge on any atom is -0.295 e. The molecule has 0 aliphatic carbocycles. The summed E-state index contributed by atoms with van der Waals surface area (Å²) in [6, 6.07) is 8.84. The van der Waals surface area contributed by atoms with E-state index >= 15 is 0 Å². The fourth-order valence-electron chi connectivity index (χ4n) is 3.26. The lowest BCUT2D eigenvalue weighted by Crippen LogP contribution is -2.29. The van der Waals surface area contributed by atoms with Crippen molar-refractivity contribution in [2.45, 2.75) is 38.8 Å². The van der Waals surface area contributed by atoms with Gasteiger partial charge in [-0.1, -0.05) is 36.8 Å². The quantitative estimate of drug-likeness (QED) is 0.851. The van der Waals surface area contributed by atoms with Gasteiger partial charge in [-0.25, -0.2) is 14.1 Å². The Morgan fingerprint density at radius 2 is 2.05 bits per heavy atom. The fourth-order valence-corrected chi connectivity index (χ4v) is 3.26. The lowest BCUT2D eigenvalue weighted by Gasteiger charge is -2.25. The second-order valence-electron chi connectivity index (χ2n) is 6.48. The van der Waals surface area contributed by atoms with Crippen LogP contribution in [0.25, 0.3) is 0 Å². The highest BCUT2D eigenvalue weighted by molar-refractivity contribution is 5.29. The molecule has 4 nitrogen and oxygen atoms in total. The van der Waals surface area contributed by atoms with Crippen molar-refractivity contribution in [3.63, 3.8) is 0 Å². The van der Waals surface area contributed by atoms with E-state index < -0.39 is 6.67 Å². The molecule has 2 aromatic rings. The van der Waals surface area contributed by atoms with Crippen LogP contribution in [0.2, 0.25) is 0 Å². The van der Waals surface area contributed by atoms with Crippen molar-refractivity contribution in [1.82, 2.24) is 19.7 Å². The molecule has 0 bridgehead atoms. The maximum absolute atomic E-state index is 12.5. The molecule has 118 valence electrons. The van der Waals surface area contributed by atoms with Gasteiger partial charge in [0.2, 0.25) is 0 Å². The number of rotatable bonds is 5. The van der Waals surface area contributed by atoms with Gasteiger partial charge in [-0.2, -0.15) is 5.10 Å². The van der Waals surface area contributed by atoms with Gasteiger partial charge in [0.25, 0.3) is 0 Å². The van der Waals surface area contributed by atoms with Crippen LogP contribution in [0, 0.1) is 6.92 Å². The summed E-state index contributed by atoms with van der Waals surface area (Å²) in [6.07, 6.45) is 2.65. The Morgan fingerprint density at radius 3 is 2.77 bits per heavy atom. The Balaban J connectivity index is 1.69. The van der Waals surface area contributed by atoms with Gasteiger partial charge in [0.15, 0.2) is 0 Å². The van der Waals surface area contributed by atoms with Gasteiger partial charge in [-0.05, 0) is 25.5 Å². The second kappa shape index (κ2) is 6.16. The molecule has 0 spiro atoms. The number of hydrogen-bond acceptors (Lipinski definition) is 3. The first kappa shape index (κ1) is 15.2. The van der Waals surface area contributed by atoms with Crippen molar-refractivity contribution in [3.8, 4) is 0 Å². The van der Waals surface area contributed by atoms with Crippen molar-refractivity contribution in [2.75, 3.05) is 19.8 Å². The third-order valence-electron chi connectivity index (χ3n) is 4.66. The normalized spacial score (nSPS) is 22.3. The van der Waals surface area contributed by atoms with Gasteiger partial charge in [-0.15, -0.1) is 0 Å². The number of hydrogen-bond donors (Lipinski definition) is 0. The third-order valence-corrected chi connectivity index (χ3v) is 4.66. The van der Waals surface area contributed by atoms with E-state index in [2.05, 4.69) is 53.1 Å². The monoisotopic (exact) mass is 302 g/mol. The molecule has 22 heavy (non-hydrogen) atoms.